The molecular formula is C31H38FN3O6S. The standard InChI is InChI=1S/C31H38FN3O6S/c1-5-6-18-33-31(37)27(19-23-10-8-7-9-11-23)34(21-24-12-14-25(32)15-13-24)30(36)22-35(42(4,38)39)26-16-17-28(40-2)29(20-26)41-3/h7-17,20,27H,5-6,18-19,21-22H2,1-4H3,(H,33,37)/t27-/m1/s1. The molecule has 0 aliphatic carbocycles. The Hall–Kier alpha value is -4.12. The number of halogens is 1. The summed E-state index contributed by atoms with van der Waals surface area (Å²) in [5, 5.41) is 2.92. The van der Waals surface area contributed by atoms with Crippen LogP contribution >= 0.6 is 0 Å². The second-order valence-corrected chi connectivity index (χ2v) is 11.7. The van der Waals surface area contributed by atoms with E-state index in [-0.39, 0.29) is 30.3 Å². The first-order chi connectivity index (χ1) is 20.1. The fourth-order valence-electron chi connectivity index (χ4n) is 4.44. The van der Waals surface area contributed by atoms with Gasteiger partial charge in [0.15, 0.2) is 11.5 Å². The van der Waals surface area contributed by atoms with E-state index < -0.39 is 34.3 Å². The minimum atomic E-state index is -3.95. The third-order valence-corrected chi connectivity index (χ3v) is 7.84. The Morgan fingerprint density at radius 2 is 1.60 bits per heavy atom. The summed E-state index contributed by atoms with van der Waals surface area (Å²) in [7, 11) is -1.07. The molecule has 3 aromatic rings. The minimum absolute atomic E-state index is 0.0403. The number of unbranched alkanes of at least 4 members (excludes halogenated alkanes) is 1. The van der Waals surface area contributed by atoms with Gasteiger partial charge in [0.1, 0.15) is 18.4 Å². The maximum Gasteiger partial charge on any atom is 0.244 e. The smallest absolute Gasteiger partial charge is 0.244 e. The molecule has 0 aromatic heterocycles. The fraction of sp³-hybridized carbons (Fsp3) is 0.355. The summed E-state index contributed by atoms with van der Waals surface area (Å²) in [6.07, 6.45) is 2.83. The van der Waals surface area contributed by atoms with Gasteiger partial charge in [0.05, 0.1) is 26.2 Å². The summed E-state index contributed by atoms with van der Waals surface area (Å²) >= 11 is 0. The Bertz CT molecular complexity index is 1430. The second kappa shape index (κ2) is 15.2. The van der Waals surface area contributed by atoms with Gasteiger partial charge in [0.25, 0.3) is 0 Å². The van der Waals surface area contributed by atoms with Crippen molar-refractivity contribution >= 4 is 27.5 Å². The molecule has 0 saturated carbocycles. The highest BCUT2D eigenvalue weighted by Crippen LogP contribution is 2.32. The zero-order chi connectivity index (χ0) is 30.7. The molecule has 9 nitrogen and oxygen atoms in total. The summed E-state index contributed by atoms with van der Waals surface area (Å²) < 4.78 is 51.2. The summed E-state index contributed by atoms with van der Waals surface area (Å²) in [5.41, 5.74) is 1.60. The Morgan fingerprint density at radius 3 is 2.19 bits per heavy atom. The molecule has 11 heteroatoms. The normalized spacial score (nSPS) is 11.8. The highest BCUT2D eigenvalue weighted by atomic mass is 32.2. The molecule has 0 saturated heterocycles. The van der Waals surface area contributed by atoms with Crippen molar-refractivity contribution in [2.75, 3.05) is 37.9 Å². The molecule has 3 rings (SSSR count). The van der Waals surface area contributed by atoms with Crippen molar-refractivity contribution in [2.45, 2.75) is 38.8 Å². The quantitative estimate of drug-likeness (QED) is 0.263. The molecule has 1 atom stereocenters. The Balaban J connectivity index is 2.05. The lowest BCUT2D eigenvalue weighted by atomic mass is 10.0. The number of carbonyl (C=O) groups is 2. The summed E-state index contributed by atoms with van der Waals surface area (Å²) in [5.74, 6) is -0.723. The largest absolute Gasteiger partial charge is 0.493 e. The molecule has 2 amide bonds. The van der Waals surface area contributed by atoms with Crippen LogP contribution in [0.15, 0.2) is 72.8 Å². The zero-order valence-corrected chi connectivity index (χ0v) is 25.2. The van der Waals surface area contributed by atoms with E-state index in [0.717, 1.165) is 29.0 Å². The molecule has 0 fully saturated rings. The number of rotatable bonds is 15. The summed E-state index contributed by atoms with van der Waals surface area (Å²) in [6, 6.07) is 18.4. The Labute approximate surface area is 247 Å². The van der Waals surface area contributed by atoms with E-state index in [1.54, 1.807) is 6.07 Å². The predicted molar refractivity (Wildman–Crippen MR) is 161 cm³/mol. The van der Waals surface area contributed by atoms with Gasteiger partial charge in [0.2, 0.25) is 21.8 Å². The molecule has 0 radical (unpaired) electrons. The molecule has 42 heavy (non-hydrogen) atoms. The summed E-state index contributed by atoms with van der Waals surface area (Å²) in [4.78, 5) is 29.1. The van der Waals surface area contributed by atoms with Crippen LogP contribution in [0, 0.1) is 5.82 Å². The molecule has 0 heterocycles. The van der Waals surface area contributed by atoms with Crippen molar-refractivity contribution in [1.29, 1.82) is 0 Å². The van der Waals surface area contributed by atoms with Gasteiger partial charge in [-0.25, -0.2) is 12.8 Å². The predicted octanol–water partition coefficient (Wildman–Crippen LogP) is 4.17. The number of methoxy groups -OCH3 is 2. The van der Waals surface area contributed by atoms with Crippen LogP contribution in [0.5, 0.6) is 11.5 Å². The van der Waals surface area contributed by atoms with Crippen LogP contribution in [0.4, 0.5) is 10.1 Å². The van der Waals surface area contributed by atoms with E-state index in [4.69, 9.17) is 9.47 Å². The highest BCUT2D eigenvalue weighted by Gasteiger charge is 2.33. The number of sulfonamides is 1. The number of benzene rings is 3. The van der Waals surface area contributed by atoms with Crippen molar-refractivity contribution in [3.05, 3.63) is 89.7 Å². The van der Waals surface area contributed by atoms with E-state index in [1.807, 2.05) is 37.3 Å². The molecule has 0 aliphatic rings. The zero-order valence-electron chi connectivity index (χ0n) is 24.4. The number of hydrogen-bond acceptors (Lipinski definition) is 6. The monoisotopic (exact) mass is 599 g/mol. The lowest BCUT2D eigenvalue weighted by molar-refractivity contribution is -0.140. The van der Waals surface area contributed by atoms with Gasteiger partial charge in [-0.3, -0.25) is 13.9 Å². The van der Waals surface area contributed by atoms with Crippen LogP contribution in [0.25, 0.3) is 0 Å². The maximum absolute atomic E-state index is 14.1. The average molecular weight is 600 g/mol. The van der Waals surface area contributed by atoms with E-state index in [0.29, 0.717) is 17.9 Å². The number of nitrogens with zero attached hydrogens (tertiary/aromatic N) is 2. The number of amides is 2. The van der Waals surface area contributed by atoms with Gasteiger partial charge in [-0.15, -0.1) is 0 Å². The molecule has 0 spiro atoms. The lowest BCUT2D eigenvalue weighted by Crippen LogP contribution is -2.53. The number of anilines is 1. The molecular weight excluding hydrogens is 561 g/mol. The van der Waals surface area contributed by atoms with E-state index in [2.05, 4.69) is 5.32 Å². The molecule has 0 aliphatic heterocycles. The molecule has 0 unspecified atom stereocenters. The van der Waals surface area contributed by atoms with Crippen LogP contribution in [0.1, 0.15) is 30.9 Å². The van der Waals surface area contributed by atoms with Crippen LogP contribution in [0.3, 0.4) is 0 Å². The van der Waals surface area contributed by atoms with Gasteiger partial charge in [-0.2, -0.15) is 0 Å². The topological polar surface area (TPSA) is 105 Å². The van der Waals surface area contributed by atoms with Crippen molar-refractivity contribution in [2.24, 2.45) is 0 Å². The number of ether oxygens (including phenoxy) is 2. The van der Waals surface area contributed by atoms with Gasteiger partial charge in [-0.05, 0) is 41.8 Å². The minimum Gasteiger partial charge on any atom is -0.493 e. The second-order valence-electron chi connectivity index (χ2n) is 9.81. The Morgan fingerprint density at radius 1 is 0.929 bits per heavy atom. The lowest BCUT2D eigenvalue weighted by Gasteiger charge is -2.33. The van der Waals surface area contributed by atoms with Crippen LogP contribution in [-0.2, 0) is 32.6 Å². The van der Waals surface area contributed by atoms with Crippen molar-refractivity contribution in [1.82, 2.24) is 10.2 Å². The molecule has 3 aromatic carbocycles. The fourth-order valence-corrected chi connectivity index (χ4v) is 5.28. The number of carbonyl (C=O) groups excluding carboxylic acids is 2. The van der Waals surface area contributed by atoms with E-state index in [9.17, 15) is 22.4 Å². The van der Waals surface area contributed by atoms with Gasteiger partial charge in [-0.1, -0.05) is 55.8 Å². The van der Waals surface area contributed by atoms with Crippen LogP contribution in [-0.4, -0.2) is 64.7 Å². The van der Waals surface area contributed by atoms with E-state index >= 15 is 0 Å². The molecule has 226 valence electrons. The van der Waals surface area contributed by atoms with Gasteiger partial charge >= 0.3 is 0 Å². The van der Waals surface area contributed by atoms with Crippen LogP contribution < -0.4 is 19.1 Å². The van der Waals surface area contributed by atoms with Crippen molar-refractivity contribution < 1.29 is 31.9 Å². The molecule has 1 N–H and O–H groups in total. The third-order valence-electron chi connectivity index (χ3n) is 6.70. The van der Waals surface area contributed by atoms with Crippen LogP contribution in [0.2, 0.25) is 0 Å². The average Bonchev–Trinajstić information content (AvgIpc) is 2.98. The number of hydrogen-bond donors (Lipinski definition) is 1. The first-order valence-corrected chi connectivity index (χ1v) is 15.5. The van der Waals surface area contributed by atoms with E-state index in [1.165, 1.54) is 55.5 Å². The van der Waals surface area contributed by atoms with Crippen molar-refractivity contribution in [3.8, 4) is 11.5 Å². The summed E-state index contributed by atoms with van der Waals surface area (Å²) in [6.45, 7) is 1.82. The SMILES string of the molecule is CCCCNC(=O)[C@@H](Cc1ccccc1)N(Cc1ccc(F)cc1)C(=O)CN(c1ccc(OC)c(OC)c1)S(C)(=O)=O. The van der Waals surface area contributed by atoms with Gasteiger partial charge in [0, 0.05) is 25.6 Å². The van der Waals surface area contributed by atoms with Gasteiger partial charge < -0.3 is 19.7 Å². The maximum atomic E-state index is 14.1. The Kier molecular flexibility index (Phi) is 11.7. The van der Waals surface area contributed by atoms with Crippen molar-refractivity contribution in [3.63, 3.8) is 0 Å². The number of nitrogens with one attached hydrogen (secondary N) is 1. The third kappa shape index (κ3) is 8.94. The highest BCUT2D eigenvalue weighted by molar-refractivity contribution is 7.92. The first kappa shape index (κ1) is 32.4. The first-order valence-electron chi connectivity index (χ1n) is 13.6. The molecule has 0 bridgehead atoms.